The van der Waals surface area contributed by atoms with Crippen molar-refractivity contribution in [2.45, 2.75) is 0 Å². The fourth-order valence-electron chi connectivity index (χ4n) is 6.43. The number of hydrogen-bond donors (Lipinski definition) is 0. The number of fused-ring (bicyclic) bond motifs is 4. The summed E-state index contributed by atoms with van der Waals surface area (Å²) >= 11 is 1.72. The minimum absolute atomic E-state index is 0. The normalized spacial score (nSPS) is 10.9. The first-order valence-corrected chi connectivity index (χ1v) is 18.0. The average molecular weight is 1010 g/mol. The van der Waals surface area contributed by atoms with Crippen LogP contribution in [-0.2, 0) is 41.5 Å². The molecule has 0 aliphatic heterocycles. The standard InChI is InChI=1S/C46H25N5O2S.Pd.Pt/c1-2-16-44-32(9-1)25-45(54-44)33-28-49-46(50-29-33)51-42-26-36(52-34-12-7-10-30(23-34)40-14-3-5-21-47-40)17-19-38(42)39-20-18-37(27-43(39)51)53-35-13-8-11-31(24-35)41-15-4-6-22-48-41;;/h1-22,25,28-29H;;/q-4;2*+2. The van der Waals surface area contributed by atoms with E-state index in [9.17, 15) is 0 Å². The minimum Gasteiger partial charge on any atom is -0.503 e. The zero-order valence-electron chi connectivity index (χ0n) is 29.0. The van der Waals surface area contributed by atoms with E-state index >= 15 is 0 Å². The van der Waals surface area contributed by atoms with E-state index < -0.39 is 0 Å². The molecule has 5 aromatic carbocycles. The Balaban J connectivity index is 0.00000220. The van der Waals surface area contributed by atoms with Gasteiger partial charge < -0.3 is 24.0 Å². The molecule has 0 radical (unpaired) electrons. The number of rotatable bonds is 8. The second-order valence-corrected chi connectivity index (χ2v) is 13.5. The van der Waals surface area contributed by atoms with Crippen LogP contribution in [0.2, 0.25) is 0 Å². The molecule has 272 valence electrons. The fraction of sp³-hybridized carbons (Fsp3) is 0. The Labute approximate surface area is 354 Å². The van der Waals surface area contributed by atoms with Crippen molar-refractivity contribution in [3.05, 3.63) is 176 Å². The quantitative estimate of drug-likeness (QED) is 0.112. The Kier molecular flexibility index (Phi) is 10.7. The van der Waals surface area contributed by atoms with Crippen LogP contribution < -0.4 is 9.47 Å². The van der Waals surface area contributed by atoms with Gasteiger partial charge in [-0.2, -0.15) is 22.9 Å². The van der Waals surface area contributed by atoms with Gasteiger partial charge >= 0.3 is 41.5 Å². The summed E-state index contributed by atoms with van der Waals surface area (Å²) in [5.41, 5.74) is 5.70. The SMILES string of the molecule is [Pd+2].[Pt+2].[c-]1c(Oc2[c-]c3c(cc2)c2ccc(Oc4[c-]c(-c5ccccn5)ccc4)[c-]c2n3-c2ncc(-c3cc4ccccc4s3)cn2)cccc1-c1ccccn1. The van der Waals surface area contributed by atoms with E-state index in [1.54, 1.807) is 23.7 Å². The van der Waals surface area contributed by atoms with E-state index in [1.807, 2.05) is 120 Å². The predicted octanol–water partition coefficient (Wildman–Crippen LogP) is 11.4. The fourth-order valence-corrected chi connectivity index (χ4v) is 7.47. The summed E-state index contributed by atoms with van der Waals surface area (Å²) in [4.78, 5) is 19.8. The summed E-state index contributed by atoms with van der Waals surface area (Å²) in [6.45, 7) is 0. The Bertz CT molecular complexity index is 2780. The Hall–Kier alpha value is -5.81. The van der Waals surface area contributed by atoms with Crippen LogP contribution in [0, 0.1) is 24.3 Å². The van der Waals surface area contributed by atoms with Gasteiger partial charge in [0.15, 0.2) is 0 Å². The van der Waals surface area contributed by atoms with E-state index in [0.717, 1.165) is 54.8 Å². The third-order valence-electron chi connectivity index (χ3n) is 8.94. The molecular weight excluding hydrogens is 988 g/mol. The molecule has 0 bridgehead atoms. The number of hydrogen-bond acceptors (Lipinski definition) is 7. The van der Waals surface area contributed by atoms with Crippen molar-refractivity contribution in [2.75, 3.05) is 0 Å². The van der Waals surface area contributed by atoms with E-state index in [0.29, 0.717) is 28.9 Å². The molecule has 0 saturated heterocycles. The maximum absolute atomic E-state index is 6.36. The molecule has 0 amide bonds. The third kappa shape index (κ3) is 7.31. The summed E-state index contributed by atoms with van der Waals surface area (Å²) in [6.07, 6.45) is 7.25. The summed E-state index contributed by atoms with van der Waals surface area (Å²) < 4.78 is 15.9. The maximum Gasteiger partial charge on any atom is 2.00 e. The number of ether oxygens (including phenoxy) is 2. The number of thiophene rings is 1. The molecule has 0 saturated carbocycles. The van der Waals surface area contributed by atoms with Crippen molar-refractivity contribution in [3.63, 3.8) is 0 Å². The van der Waals surface area contributed by atoms with Gasteiger partial charge in [-0.1, -0.05) is 65.6 Å². The second kappa shape index (κ2) is 16.1. The topological polar surface area (TPSA) is 75.0 Å². The van der Waals surface area contributed by atoms with Crippen LogP contribution in [0.15, 0.2) is 152 Å². The van der Waals surface area contributed by atoms with Crippen LogP contribution in [0.5, 0.6) is 23.0 Å². The van der Waals surface area contributed by atoms with Crippen molar-refractivity contribution < 1.29 is 51.0 Å². The third-order valence-corrected chi connectivity index (χ3v) is 10.1. The summed E-state index contributed by atoms with van der Waals surface area (Å²) in [6, 6.07) is 55.1. The number of pyridine rings is 2. The molecule has 10 heteroatoms. The number of nitrogens with zero attached hydrogens (tertiary/aromatic N) is 5. The van der Waals surface area contributed by atoms with Crippen LogP contribution in [0.4, 0.5) is 0 Å². The number of benzene rings is 5. The zero-order chi connectivity index (χ0) is 35.8. The number of aromatic nitrogens is 5. The van der Waals surface area contributed by atoms with Gasteiger partial charge in [0.25, 0.3) is 0 Å². The molecule has 0 aliphatic carbocycles. The summed E-state index contributed by atoms with van der Waals surface area (Å²) in [5.74, 6) is 2.59. The molecule has 10 aromatic rings. The first kappa shape index (κ1) is 37.1. The van der Waals surface area contributed by atoms with Crippen molar-refractivity contribution in [1.29, 1.82) is 0 Å². The molecule has 7 nitrogen and oxygen atoms in total. The predicted molar refractivity (Wildman–Crippen MR) is 212 cm³/mol. The van der Waals surface area contributed by atoms with Crippen LogP contribution in [-0.4, -0.2) is 24.5 Å². The Morgan fingerprint density at radius 1 is 0.518 bits per heavy atom. The van der Waals surface area contributed by atoms with Crippen molar-refractivity contribution in [3.8, 4) is 61.9 Å². The van der Waals surface area contributed by atoms with Gasteiger partial charge in [-0.3, -0.25) is 0 Å². The van der Waals surface area contributed by atoms with Crippen molar-refractivity contribution in [2.24, 2.45) is 0 Å². The van der Waals surface area contributed by atoms with Crippen molar-refractivity contribution in [1.82, 2.24) is 24.5 Å². The van der Waals surface area contributed by atoms with Crippen LogP contribution in [0.3, 0.4) is 0 Å². The molecule has 0 N–H and O–H groups in total. The molecule has 0 spiro atoms. The average Bonchev–Trinajstić information content (AvgIpc) is 3.81. The van der Waals surface area contributed by atoms with E-state index in [2.05, 4.69) is 58.5 Å². The first-order valence-electron chi connectivity index (χ1n) is 17.2. The van der Waals surface area contributed by atoms with Crippen molar-refractivity contribution >= 4 is 43.2 Å². The van der Waals surface area contributed by atoms with Gasteiger partial charge in [-0.25, -0.2) is 9.97 Å². The molecular formula is C46H25N5O2PdPtS. The van der Waals surface area contributed by atoms with Gasteiger partial charge in [0.1, 0.15) is 0 Å². The maximum atomic E-state index is 6.36. The second-order valence-electron chi connectivity index (χ2n) is 12.4. The summed E-state index contributed by atoms with van der Waals surface area (Å²) in [7, 11) is 0. The Morgan fingerprint density at radius 3 is 1.59 bits per heavy atom. The van der Waals surface area contributed by atoms with Crippen LogP contribution >= 0.6 is 11.3 Å². The van der Waals surface area contributed by atoms with Gasteiger partial charge in [0.05, 0.1) is 0 Å². The smallest absolute Gasteiger partial charge is 0.503 e. The van der Waals surface area contributed by atoms with Gasteiger partial charge in [-0.15, -0.1) is 83.1 Å². The van der Waals surface area contributed by atoms with Gasteiger partial charge in [0, 0.05) is 62.9 Å². The molecule has 56 heavy (non-hydrogen) atoms. The molecule has 5 heterocycles. The molecule has 0 fully saturated rings. The van der Waals surface area contributed by atoms with Gasteiger partial charge in [0.2, 0.25) is 5.95 Å². The van der Waals surface area contributed by atoms with E-state index in [-0.39, 0.29) is 41.5 Å². The minimum atomic E-state index is 0. The molecule has 0 aliphatic rings. The van der Waals surface area contributed by atoms with Gasteiger partial charge in [-0.05, 0) is 41.0 Å². The molecule has 0 unspecified atom stereocenters. The van der Waals surface area contributed by atoms with Crippen LogP contribution in [0.1, 0.15) is 0 Å². The largest absolute Gasteiger partial charge is 2.00 e. The first-order chi connectivity index (χ1) is 26.7. The summed E-state index contributed by atoms with van der Waals surface area (Å²) in [5, 5.41) is 3.07. The van der Waals surface area contributed by atoms with E-state index in [1.165, 1.54) is 10.1 Å². The molecule has 0 atom stereocenters. The van der Waals surface area contributed by atoms with Crippen LogP contribution in [0.25, 0.3) is 70.8 Å². The zero-order valence-corrected chi connectivity index (χ0v) is 33.7. The monoisotopic (exact) mass is 1010 g/mol. The molecule has 10 rings (SSSR count). The molecule has 5 aromatic heterocycles. The Morgan fingerprint density at radius 2 is 1.05 bits per heavy atom. The van der Waals surface area contributed by atoms with E-state index in [4.69, 9.17) is 19.4 Å².